The molecule has 7 rings (SSSR count). The van der Waals surface area contributed by atoms with Crippen LogP contribution in [0.3, 0.4) is 0 Å². The minimum absolute atomic E-state index is 0.0927. The summed E-state index contributed by atoms with van der Waals surface area (Å²) < 4.78 is 22.2. The maximum atomic E-state index is 13.7. The summed E-state index contributed by atoms with van der Waals surface area (Å²) >= 11 is 13.1. The number of carbonyl (C=O) groups is 4. The molecule has 3 N–H and O–H groups in total. The van der Waals surface area contributed by atoms with E-state index in [0.717, 1.165) is 0 Å². The van der Waals surface area contributed by atoms with Gasteiger partial charge in [-0.2, -0.15) is 0 Å². The SMILES string of the molecule is Cc1onc2c1C(=O)NC(NC(=O)OC(C)(C)C)=NCc1cc(Cl)c(c(Cl)c1)NC(=O)CN(C(=O)OC(C)(C)C)CCC/C=C\COc1ccc-2cc1. The maximum Gasteiger partial charge on any atom is 0.414 e. The van der Waals surface area contributed by atoms with Crippen molar-refractivity contribution in [2.75, 3.05) is 25.0 Å². The number of anilines is 1. The number of hydrogen-bond donors (Lipinski definition) is 3. The molecule has 0 fully saturated rings. The van der Waals surface area contributed by atoms with E-state index >= 15 is 0 Å². The number of ether oxygens (including phenoxy) is 3. The number of alkyl carbamates (subject to hydrolysis) is 1. The number of halogens is 2. The molecule has 4 aliphatic rings. The molecule has 1 aromatic heterocycles. The highest BCUT2D eigenvalue weighted by molar-refractivity contribution is 6.40. The fourth-order valence-electron chi connectivity index (χ4n) is 4.88. The number of aryl methyl sites for hydroxylation is 1. The Balaban J connectivity index is 1.69. The largest absolute Gasteiger partial charge is 0.490 e. The molecule has 3 aromatic rings. The second-order valence-electron chi connectivity index (χ2n) is 14.0. The molecule has 2 aromatic carbocycles. The van der Waals surface area contributed by atoms with E-state index in [0.29, 0.717) is 29.7 Å². The van der Waals surface area contributed by atoms with Gasteiger partial charge in [0.05, 0.1) is 22.3 Å². The van der Waals surface area contributed by atoms with Crippen LogP contribution in [0.2, 0.25) is 10.0 Å². The fraction of sp³-hybridized carbons (Fsp3) is 0.405. The Morgan fingerprint density at radius 3 is 2.25 bits per heavy atom. The predicted molar refractivity (Wildman–Crippen MR) is 201 cm³/mol. The first kappa shape index (κ1) is 40.7. The third-order valence-corrected chi connectivity index (χ3v) is 7.75. The number of aliphatic imine (C=N–C) groups is 1. The highest BCUT2D eigenvalue weighted by Crippen LogP contribution is 2.32. The predicted octanol–water partition coefficient (Wildman–Crippen LogP) is 7.67. The molecular weight excluding hydrogens is 727 g/mol. The van der Waals surface area contributed by atoms with Crippen LogP contribution < -0.4 is 20.7 Å². The van der Waals surface area contributed by atoms with E-state index in [1.165, 1.54) is 17.0 Å². The second kappa shape index (κ2) is 17.6. The Morgan fingerprint density at radius 1 is 0.943 bits per heavy atom. The van der Waals surface area contributed by atoms with Crippen LogP contribution in [0, 0.1) is 6.92 Å². The van der Waals surface area contributed by atoms with Gasteiger partial charge in [-0.25, -0.2) is 14.6 Å². The first-order chi connectivity index (χ1) is 24.9. The Labute approximate surface area is 318 Å². The molecule has 4 amide bonds. The molecule has 0 atom stereocenters. The zero-order chi connectivity index (χ0) is 38.9. The highest BCUT2D eigenvalue weighted by atomic mass is 35.5. The Kier molecular flexibility index (Phi) is 13.5. The number of nitrogens with zero attached hydrogens (tertiary/aromatic N) is 3. The molecule has 284 valence electrons. The summed E-state index contributed by atoms with van der Waals surface area (Å²) in [6.07, 6.45) is 3.42. The molecule has 4 aliphatic heterocycles. The number of benzene rings is 2. The van der Waals surface area contributed by atoms with Gasteiger partial charge >= 0.3 is 12.2 Å². The molecular formula is C37H44Cl2N6O8. The number of amides is 4. The maximum absolute atomic E-state index is 13.7. The van der Waals surface area contributed by atoms with Crippen LogP contribution in [0.5, 0.6) is 5.75 Å². The lowest BCUT2D eigenvalue weighted by molar-refractivity contribution is -0.117. The normalized spacial score (nSPS) is 15.7. The van der Waals surface area contributed by atoms with E-state index in [1.807, 2.05) is 12.2 Å². The van der Waals surface area contributed by atoms with Crippen LogP contribution in [0.4, 0.5) is 15.3 Å². The van der Waals surface area contributed by atoms with Crippen molar-refractivity contribution < 1.29 is 37.9 Å². The molecule has 0 radical (unpaired) electrons. The Bertz CT molecular complexity index is 1850. The van der Waals surface area contributed by atoms with E-state index in [9.17, 15) is 19.2 Å². The number of hydrogen-bond acceptors (Lipinski definition) is 10. The summed E-state index contributed by atoms with van der Waals surface area (Å²) in [5.41, 5.74) is -0.0361. The van der Waals surface area contributed by atoms with Crippen molar-refractivity contribution in [1.82, 2.24) is 20.7 Å². The average Bonchev–Trinajstić information content (AvgIpc) is 3.43. The molecule has 53 heavy (non-hydrogen) atoms. The van der Waals surface area contributed by atoms with Crippen molar-refractivity contribution in [3.05, 3.63) is 75.5 Å². The lowest BCUT2D eigenvalue weighted by atomic mass is 10.1. The average molecular weight is 772 g/mol. The lowest BCUT2D eigenvalue weighted by Crippen LogP contribution is -2.46. The van der Waals surface area contributed by atoms with Crippen LogP contribution in [0.1, 0.15) is 76.1 Å². The molecule has 16 heteroatoms. The molecule has 4 bridgehead atoms. The van der Waals surface area contributed by atoms with Gasteiger partial charge in [0, 0.05) is 12.1 Å². The fourth-order valence-corrected chi connectivity index (χ4v) is 5.50. The highest BCUT2D eigenvalue weighted by Gasteiger charge is 2.26. The number of allylic oxidation sites excluding steroid dienone is 1. The van der Waals surface area contributed by atoms with E-state index in [4.69, 9.17) is 41.9 Å². The van der Waals surface area contributed by atoms with Crippen molar-refractivity contribution in [1.29, 1.82) is 0 Å². The summed E-state index contributed by atoms with van der Waals surface area (Å²) in [6, 6.07) is 10.0. The number of aromatic nitrogens is 1. The number of nitrogens with one attached hydrogen (secondary N) is 3. The molecule has 5 heterocycles. The van der Waals surface area contributed by atoms with Crippen molar-refractivity contribution in [2.24, 2.45) is 4.99 Å². The van der Waals surface area contributed by atoms with E-state index < -0.39 is 35.2 Å². The van der Waals surface area contributed by atoms with Gasteiger partial charge in [0.25, 0.3) is 5.91 Å². The van der Waals surface area contributed by atoms with Gasteiger partial charge in [0.1, 0.15) is 47.1 Å². The summed E-state index contributed by atoms with van der Waals surface area (Å²) in [5.74, 6) is -0.622. The van der Waals surface area contributed by atoms with Crippen molar-refractivity contribution >= 4 is 58.8 Å². The minimum Gasteiger partial charge on any atom is -0.490 e. The van der Waals surface area contributed by atoms with Crippen LogP contribution >= 0.6 is 23.2 Å². The second-order valence-corrected chi connectivity index (χ2v) is 14.9. The smallest absolute Gasteiger partial charge is 0.414 e. The van der Waals surface area contributed by atoms with E-state index in [2.05, 4.69) is 26.1 Å². The molecule has 14 nitrogen and oxygen atoms in total. The van der Waals surface area contributed by atoms with E-state index in [1.54, 1.807) is 72.7 Å². The van der Waals surface area contributed by atoms with Crippen LogP contribution in [-0.2, 0) is 20.8 Å². The van der Waals surface area contributed by atoms with E-state index in [-0.39, 0.29) is 65.0 Å². The standard InChI is InChI=1S/C37H44Cl2N6O8/c1-22-29-30(44-53-22)24-12-14-25(15-13-24)50-17-11-9-8-10-16-45(35(49)52-37(5,6)7)21-28(46)41-31-26(38)18-23(19-27(31)39)20-40-33(42-32(29)47)43-34(48)51-36(2,3)4/h9,11-15,18-19H,8,10,16-17,20-21H2,1-7H3,(H,41,46)(H2,40,42,43,47,48)/b11-9-. The molecule has 0 aliphatic carbocycles. The first-order valence-corrected chi connectivity index (χ1v) is 17.6. The number of carbonyl (C=O) groups excluding carboxylic acids is 4. The molecule has 0 spiro atoms. The van der Waals surface area contributed by atoms with Gasteiger partial charge in [-0.05, 0) is 103 Å². The lowest BCUT2D eigenvalue weighted by Gasteiger charge is -2.27. The van der Waals surface area contributed by atoms with Gasteiger partial charge < -0.3 is 24.1 Å². The van der Waals surface area contributed by atoms with Crippen LogP contribution in [0.15, 0.2) is 58.1 Å². The zero-order valence-electron chi connectivity index (χ0n) is 30.7. The van der Waals surface area contributed by atoms with Crippen LogP contribution in [0.25, 0.3) is 11.3 Å². The van der Waals surface area contributed by atoms with Gasteiger partial charge in [-0.15, -0.1) is 0 Å². The van der Waals surface area contributed by atoms with Gasteiger partial charge in [-0.3, -0.25) is 25.1 Å². The molecule has 0 unspecified atom stereocenters. The molecule has 0 saturated carbocycles. The van der Waals surface area contributed by atoms with Crippen LogP contribution in [-0.4, -0.2) is 70.9 Å². The zero-order valence-corrected chi connectivity index (χ0v) is 32.2. The van der Waals surface area contributed by atoms with Crippen molar-refractivity contribution in [3.63, 3.8) is 0 Å². The van der Waals surface area contributed by atoms with Crippen molar-refractivity contribution in [3.8, 4) is 17.0 Å². The van der Waals surface area contributed by atoms with Gasteiger partial charge in [0.2, 0.25) is 11.9 Å². The molecule has 0 saturated heterocycles. The third-order valence-electron chi connectivity index (χ3n) is 7.15. The number of rotatable bonds is 0. The summed E-state index contributed by atoms with van der Waals surface area (Å²) in [6.45, 7) is 12.0. The summed E-state index contributed by atoms with van der Waals surface area (Å²) in [4.78, 5) is 58.4. The minimum atomic E-state index is -0.863. The van der Waals surface area contributed by atoms with Crippen molar-refractivity contribution in [2.45, 2.75) is 79.1 Å². The Hall–Kier alpha value is -5.08. The quantitative estimate of drug-likeness (QED) is 0.194. The summed E-state index contributed by atoms with van der Waals surface area (Å²) in [5, 5.41) is 12.1. The monoisotopic (exact) mass is 770 g/mol. The number of guanidine groups is 1. The van der Waals surface area contributed by atoms with Gasteiger partial charge in [-0.1, -0.05) is 40.5 Å². The third kappa shape index (κ3) is 12.5. The Morgan fingerprint density at radius 2 is 1.60 bits per heavy atom. The van der Waals surface area contributed by atoms with Gasteiger partial charge in [0.15, 0.2) is 0 Å². The first-order valence-electron chi connectivity index (χ1n) is 16.8. The topological polar surface area (TPSA) is 174 Å². The summed E-state index contributed by atoms with van der Waals surface area (Å²) in [7, 11) is 0.